The monoisotopic (exact) mass is 357 g/mol. The lowest BCUT2D eigenvalue weighted by Crippen LogP contribution is -2.48. The van der Waals surface area contributed by atoms with Crippen molar-refractivity contribution in [2.75, 3.05) is 0 Å². The number of urea groups is 1. The summed E-state index contributed by atoms with van der Waals surface area (Å²) in [7, 11) is 0. The summed E-state index contributed by atoms with van der Waals surface area (Å²) in [4.78, 5) is 16.2. The fraction of sp³-hybridized carbons (Fsp3) is 0.526. The first-order chi connectivity index (χ1) is 12.6. The predicted molar refractivity (Wildman–Crippen MR) is 99.2 cm³/mol. The van der Waals surface area contributed by atoms with Crippen LogP contribution in [0.1, 0.15) is 44.6 Å². The van der Waals surface area contributed by atoms with Crippen molar-refractivity contribution in [3.8, 4) is 11.4 Å². The molecule has 2 amide bonds. The molecule has 7 nitrogen and oxygen atoms in total. The highest BCUT2D eigenvalue weighted by molar-refractivity contribution is 5.74. The van der Waals surface area contributed by atoms with Crippen LogP contribution in [0, 0.1) is 5.92 Å². The zero-order valence-electron chi connectivity index (χ0n) is 15.1. The number of carbonyl (C=O) groups is 1. The average molecular weight is 357 g/mol. The van der Waals surface area contributed by atoms with Crippen molar-refractivity contribution in [2.45, 2.75) is 57.7 Å². The van der Waals surface area contributed by atoms with Crippen LogP contribution < -0.4 is 10.6 Å². The predicted octanol–water partition coefficient (Wildman–Crippen LogP) is 2.60. The molecule has 4 N–H and O–H groups in total. The standard InChI is InChI=1S/C19H27N5O2/c1-13(17(25)15-5-3-2-4-6-15)23-19(26)20-11-14-7-9-16(10-8-14)18-21-12-22-24-18/h7-10,12-13,15,17,25H,2-6,11H2,1H3,(H2,20,23,26)(H,21,22,24). The maximum atomic E-state index is 12.1. The molecule has 1 aromatic carbocycles. The third kappa shape index (κ3) is 4.82. The molecule has 26 heavy (non-hydrogen) atoms. The Labute approximate surface area is 153 Å². The molecule has 1 heterocycles. The molecule has 140 valence electrons. The van der Waals surface area contributed by atoms with Crippen molar-refractivity contribution < 1.29 is 9.90 Å². The van der Waals surface area contributed by atoms with Gasteiger partial charge in [0.25, 0.3) is 0 Å². The summed E-state index contributed by atoms with van der Waals surface area (Å²) in [6.45, 7) is 2.29. The Morgan fingerprint density at radius 1 is 1.27 bits per heavy atom. The number of rotatable bonds is 6. The van der Waals surface area contributed by atoms with E-state index in [2.05, 4.69) is 25.8 Å². The number of H-pyrrole nitrogens is 1. The molecule has 3 rings (SSSR count). The van der Waals surface area contributed by atoms with E-state index in [1.165, 1.54) is 25.6 Å². The minimum atomic E-state index is -0.484. The van der Waals surface area contributed by atoms with Gasteiger partial charge < -0.3 is 15.7 Å². The Morgan fingerprint density at radius 3 is 2.65 bits per heavy atom. The second kappa shape index (κ2) is 8.80. The van der Waals surface area contributed by atoms with E-state index in [0.717, 1.165) is 24.0 Å². The molecular formula is C19H27N5O2. The number of amides is 2. The number of carbonyl (C=O) groups excluding carboxylic acids is 1. The molecule has 0 radical (unpaired) electrons. The van der Waals surface area contributed by atoms with Gasteiger partial charge in [-0.3, -0.25) is 5.10 Å². The van der Waals surface area contributed by atoms with Gasteiger partial charge in [0.15, 0.2) is 5.82 Å². The molecule has 0 aliphatic heterocycles. The van der Waals surface area contributed by atoms with Gasteiger partial charge in [0.2, 0.25) is 0 Å². The second-order valence-electron chi connectivity index (χ2n) is 7.04. The molecular weight excluding hydrogens is 330 g/mol. The quantitative estimate of drug-likeness (QED) is 0.638. The number of nitrogens with zero attached hydrogens (tertiary/aromatic N) is 2. The molecule has 1 aromatic heterocycles. The molecule has 1 saturated carbocycles. The van der Waals surface area contributed by atoms with Crippen LogP contribution in [0.2, 0.25) is 0 Å². The fourth-order valence-corrected chi connectivity index (χ4v) is 3.53. The van der Waals surface area contributed by atoms with Crippen LogP contribution in [0.4, 0.5) is 4.79 Å². The van der Waals surface area contributed by atoms with Crippen molar-refractivity contribution in [3.63, 3.8) is 0 Å². The second-order valence-corrected chi connectivity index (χ2v) is 7.04. The number of hydrogen-bond acceptors (Lipinski definition) is 4. The fourth-order valence-electron chi connectivity index (χ4n) is 3.53. The molecule has 0 bridgehead atoms. The SMILES string of the molecule is CC(NC(=O)NCc1ccc(-c2ncn[nH]2)cc1)C(O)C1CCCCC1. The van der Waals surface area contributed by atoms with E-state index in [1.54, 1.807) is 0 Å². The Balaban J connectivity index is 1.44. The number of aromatic amines is 1. The Bertz CT molecular complexity index is 680. The highest BCUT2D eigenvalue weighted by Crippen LogP contribution is 2.27. The Morgan fingerprint density at radius 2 is 2.00 bits per heavy atom. The van der Waals surface area contributed by atoms with Gasteiger partial charge in [0, 0.05) is 12.1 Å². The molecule has 0 saturated heterocycles. The van der Waals surface area contributed by atoms with Gasteiger partial charge in [0.1, 0.15) is 6.33 Å². The van der Waals surface area contributed by atoms with Crippen LogP contribution in [0.15, 0.2) is 30.6 Å². The van der Waals surface area contributed by atoms with E-state index in [-0.39, 0.29) is 12.1 Å². The largest absolute Gasteiger partial charge is 0.391 e. The number of aromatic nitrogens is 3. The minimum Gasteiger partial charge on any atom is -0.391 e. The number of benzene rings is 1. The van der Waals surface area contributed by atoms with Crippen LogP contribution in [-0.2, 0) is 6.54 Å². The summed E-state index contributed by atoms with van der Waals surface area (Å²) in [5.74, 6) is 1.01. The van der Waals surface area contributed by atoms with Crippen molar-refractivity contribution in [1.29, 1.82) is 0 Å². The third-order valence-corrected chi connectivity index (χ3v) is 5.10. The lowest BCUT2D eigenvalue weighted by molar-refractivity contribution is 0.0584. The number of aliphatic hydroxyl groups is 1. The van der Waals surface area contributed by atoms with Gasteiger partial charge in [-0.1, -0.05) is 43.5 Å². The highest BCUT2D eigenvalue weighted by Gasteiger charge is 2.27. The van der Waals surface area contributed by atoms with Gasteiger partial charge in [-0.2, -0.15) is 5.10 Å². The van der Waals surface area contributed by atoms with Gasteiger partial charge in [-0.15, -0.1) is 0 Å². The van der Waals surface area contributed by atoms with Gasteiger partial charge >= 0.3 is 6.03 Å². The normalized spacial score (nSPS) is 17.5. The maximum Gasteiger partial charge on any atom is 0.315 e. The summed E-state index contributed by atoms with van der Waals surface area (Å²) in [6.07, 6.45) is 6.68. The first-order valence-electron chi connectivity index (χ1n) is 9.30. The number of hydrogen-bond donors (Lipinski definition) is 4. The van der Waals surface area contributed by atoms with E-state index in [9.17, 15) is 9.90 Å². The van der Waals surface area contributed by atoms with E-state index >= 15 is 0 Å². The summed E-state index contributed by atoms with van der Waals surface area (Å²) in [5.41, 5.74) is 1.93. The summed E-state index contributed by atoms with van der Waals surface area (Å²) in [6, 6.07) is 7.24. The van der Waals surface area contributed by atoms with E-state index in [4.69, 9.17) is 0 Å². The average Bonchev–Trinajstić information content (AvgIpc) is 3.21. The smallest absolute Gasteiger partial charge is 0.315 e. The van der Waals surface area contributed by atoms with E-state index in [0.29, 0.717) is 18.3 Å². The van der Waals surface area contributed by atoms with Crippen LogP contribution >= 0.6 is 0 Å². The molecule has 0 spiro atoms. The van der Waals surface area contributed by atoms with Gasteiger partial charge in [-0.05, 0) is 31.2 Å². The molecule has 2 aromatic rings. The topological polar surface area (TPSA) is 103 Å². The van der Waals surface area contributed by atoms with Crippen molar-refractivity contribution in [3.05, 3.63) is 36.2 Å². The highest BCUT2D eigenvalue weighted by atomic mass is 16.3. The lowest BCUT2D eigenvalue weighted by Gasteiger charge is -2.30. The zero-order chi connectivity index (χ0) is 18.4. The summed E-state index contributed by atoms with van der Waals surface area (Å²) >= 11 is 0. The maximum absolute atomic E-state index is 12.1. The van der Waals surface area contributed by atoms with Crippen molar-refractivity contribution in [2.24, 2.45) is 5.92 Å². The van der Waals surface area contributed by atoms with E-state index in [1.807, 2.05) is 31.2 Å². The zero-order valence-corrected chi connectivity index (χ0v) is 15.1. The molecule has 2 unspecified atom stereocenters. The third-order valence-electron chi connectivity index (χ3n) is 5.10. The van der Waals surface area contributed by atoms with Gasteiger partial charge in [0.05, 0.1) is 12.1 Å². The van der Waals surface area contributed by atoms with Crippen LogP contribution in [0.3, 0.4) is 0 Å². The molecule has 1 fully saturated rings. The molecule has 2 atom stereocenters. The minimum absolute atomic E-state index is 0.257. The van der Waals surface area contributed by atoms with Crippen molar-refractivity contribution >= 4 is 6.03 Å². The first-order valence-corrected chi connectivity index (χ1v) is 9.30. The van der Waals surface area contributed by atoms with Crippen LogP contribution in [-0.4, -0.2) is 38.5 Å². The summed E-state index contributed by atoms with van der Waals surface area (Å²) in [5, 5.41) is 22.8. The lowest BCUT2D eigenvalue weighted by atomic mass is 9.83. The number of aliphatic hydroxyl groups excluding tert-OH is 1. The molecule has 1 aliphatic rings. The Kier molecular flexibility index (Phi) is 6.22. The van der Waals surface area contributed by atoms with Crippen molar-refractivity contribution in [1.82, 2.24) is 25.8 Å². The van der Waals surface area contributed by atoms with E-state index < -0.39 is 6.10 Å². The molecule has 7 heteroatoms. The van der Waals surface area contributed by atoms with Crippen LogP contribution in [0.25, 0.3) is 11.4 Å². The van der Waals surface area contributed by atoms with Gasteiger partial charge in [-0.25, -0.2) is 9.78 Å². The number of nitrogens with one attached hydrogen (secondary N) is 3. The Hall–Kier alpha value is -2.41. The van der Waals surface area contributed by atoms with Crippen LogP contribution in [0.5, 0.6) is 0 Å². The first kappa shape index (κ1) is 18.4. The molecule has 1 aliphatic carbocycles. The summed E-state index contributed by atoms with van der Waals surface area (Å²) < 4.78 is 0.